The van der Waals surface area contributed by atoms with Crippen molar-refractivity contribution in [1.82, 2.24) is 4.90 Å². The molecule has 2 aromatic carbocycles. The Morgan fingerprint density at radius 1 is 1.15 bits per heavy atom. The molecule has 6 nitrogen and oxygen atoms in total. The summed E-state index contributed by atoms with van der Waals surface area (Å²) in [5, 5.41) is 2.88. The molecule has 2 atom stereocenters. The Morgan fingerprint density at radius 3 is 2.56 bits per heavy atom. The van der Waals surface area contributed by atoms with E-state index in [1.807, 2.05) is 37.3 Å². The van der Waals surface area contributed by atoms with Gasteiger partial charge in [0, 0.05) is 19.0 Å². The summed E-state index contributed by atoms with van der Waals surface area (Å²) in [7, 11) is 3.10. The number of methoxy groups -OCH3 is 2. The first-order chi connectivity index (χ1) is 13.0. The number of carbonyl (C=O) groups excluding carboxylic acids is 2. The van der Waals surface area contributed by atoms with Crippen LogP contribution in [0.3, 0.4) is 0 Å². The van der Waals surface area contributed by atoms with E-state index in [0.717, 1.165) is 5.56 Å². The van der Waals surface area contributed by atoms with Crippen molar-refractivity contribution in [2.75, 3.05) is 26.1 Å². The van der Waals surface area contributed by atoms with Crippen LogP contribution in [0.2, 0.25) is 0 Å². The predicted octanol–water partition coefficient (Wildman–Crippen LogP) is 3.25. The summed E-state index contributed by atoms with van der Waals surface area (Å²) in [6.45, 7) is 2.39. The molecular formula is C21H24N2O4. The number of benzene rings is 2. The number of nitrogens with one attached hydrogen (secondary N) is 1. The van der Waals surface area contributed by atoms with Crippen LogP contribution in [0.4, 0.5) is 5.69 Å². The van der Waals surface area contributed by atoms with Crippen molar-refractivity contribution < 1.29 is 19.1 Å². The molecule has 27 heavy (non-hydrogen) atoms. The van der Waals surface area contributed by atoms with Crippen molar-refractivity contribution >= 4 is 17.5 Å². The molecule has 0 radical (unpaired) electrons. The molecule has 142 valence electrons. The fraction of sp³-hybridized carbons (Fsp3) is 0.333. The minimum atomic E-state index is -0.393. The zero-order chi connectivity index (χ0) is 19.4. The summed E-state index contributed by atoms with van der Waals surface area (Å²) < 4.78 is 10.5. The van der Waals surface area contributed by atoms with Gasteiger partial charge in [0.05, 0.1) is 31.9 Å². The summed E-state index contributed by atoms with van der Waals surface area (Å²) in [6, 6.07) is 15.0. The Bertz CT molecular complexity index is 822. The topological polar surface area (TPSA) is 67.9 Å². The summed E-state index contributed by atoms with van der Waals surface area (Å²) in [5.74, 6) is 0.573. The fourth-order valence-electron chi connectivity index (χ4n) is 3.33. The van der Waals surface area contributed by atoms with Gasteiger partial charge >= 0.3 is 0 Å². The van der Waals surface area contributed by atoms with E-state index in [2.05, 4.69) is 5.32 Å². The maximum absolute atomic E-state index is 12.7. The van der Waals surface area contributed by atoms with Gasteiger partial charge in [0.15, 0.2) is 0 Å². The van der Waals surface area contributed by atoms with Crippen molar-refractivity contribution in [3.8, 4) is 11.5 Å². The third kappa shape index (κ3) is 4.05. The molecule has 0 saturated carbocycles. The summed E-state index contributed by atoms with van der Waals surface area (Å²) in [5.41, 5.74) is 1.62. The number of rotatable bonds is 6. The normalized spacial score (nSPS) is 17.5. The average Bonchev–Trinajstić information content (AvgIpc) is 3.10. The van der Waals surface area contributed by atoms with Gasteiger partial charge in [0.25, 0.3) is 0 Å². The van der Waals surface area contributed by atoms with Gasteiger partial charge in [-0.2, -0.15) is 0 Å². The zero-order valence-electron chi connectivity index (χ0n) is 15.8. The van der Waals surface area contributed by atoms with Crippen LogP contribution >= 0.6 is 0 Å². The molecule has 1 heterocycles. The number of amides is 2. The standard InChI is InChI=1S/C21H24N2O4/c1-14(15-7-5-4-6-8-15)23-13-16(11-20(23)24)21(25)22-18-10-9-17(26-2)12-19(18)27-3/h4-10,12,14,16H,11,13H2,1-3H3,(H,22,25)/t14-,16+/m0/s1. The molecule has 3 rings (SSSR count). The van der Waals surface area contributed by atoms with Gasteiger partial charge in [-0.1, -0.05) is 30.3 Å². The lowest BCUT2D eigenvalue weighted by atomic mass is 10.1. The molecule has 2 aromatic rings. The molecule has 1 N–H and O–H groups in total. The molecule has 0 spiro atoms. The Labute approximate surface area is 159 Å². The molecule has 2 amide bonds. The van der Waals surface area contributed by atoms with Gasteiger partial charge in [0.2, 0.25) is 11.8 Å². The van der Waals surface area contributed by atoms with Crippen LogP contribution < -0.4 is 14.8 Å². The highest BCUT2D eigenvalue weighted by Gasteiger charge is 2.37. The van der Waals surface area contributed by atoms with Crippen LogP contribution in [0.15, 0.2) is 48.5 Å². The smallest absolute Gasteiger partial charge is 0.229 e. The first kappa shape index (κ1) is 18.8. The number of hydrogen-bond donors (Lipinski definition) is 1. The second-order valence-corrected chi connectivity index (χ2v) is 6.59. The quantitative estimate of drug-likeness (QED) is 0.850. The predicted molar refractivity (Wildman–Crippen MR) is 103 cm³/mol. The Hall–Kier alpha value is -3.02. The van der Waals surface area contributed by atoms with E-state index in [-0.39, 0.29) is 24.3 Å². The lowest BCUT2D eigenvalue weighted by molar-refractivity contribution is -0.129. The highest BCUT2D eigenvalue weighted by molar-refractivity contribution is 5.98. The van der Waals surface area contributed by atoms with Crippen LogP contribution in [0.5, 0.6) is 11.5 Å². The molecule has 1 aliphatic heterocycles. The Kier molecular flexibility index (Phi) is 5.64. The summed E-state index contributed by atoms with van der Waals surface area (Å²) >= 11 is 0. The number of carbonyl (C=O) groups is 2. The molecule has 0 unspecified atom stereocenters. The molecule has 1 aliphatic rings. The van der Waals surface area contributed by atoms with E-state index in [4.69, 9.17) is 9.47 Å². The highest BCUT2D eigenvalue weighted by Crippen LogP contribution is 2.32. The van der Waals surface area contributed by atoms with Crippen molar-refractivity contribution in [2.45, 2.75) is 19.4 Å². The summed E-state index contributed by atoms with van der Waals surface area (Å²) in [6.07, 6.45) is 0.210. The second-order valence-electron chi connectivity index (χ2n) is 6.59. The van der Waals surface area contributed by atoms with Gasteiger partial charge in [-0.05, 0) is 24.6 Å². The van der Waals surface area contributed by atoms with Crippen molar-refractivity contribution in [3.05, 3.63) is 54.1 Å². The second kappa shape index (κ2) is 8.12. The van der Waals surface area contributed by atoms with Crippen molar-refractivity contribution in [2.24, 2.45) is 5.92 Å². The maximum atomic E-state index is 12.7. The minimum absolute atomic E-state index is 0.00630. The molecule has 0 aromatic heterocycles. The molecule has 1 saturated heterocycles. The van der Waals surface area contributed by atoms with Crippen LogP contribution in [0.25, 0.3) is 0 Å². The van der Waals surface area contributed by atoms with Gasteiger partial charge < -0.3 is 19.7 Å². The third-order valence-corrected chi connectivity index (χ3v) is 4.95. The number of likely N-dealkylation sites (tertiary alicyclic amines) is 1. The Morgan fingerprint density at radius 2 is 1.89 bits per heavy atom. The largest absolute Gasteiger partial charge is 0.497 e. The van der Waals surface area contributed by atoms with Crippen LogP contribution in [-0.2, 0) is 9.59 Å². The SMILES string of the molecule is COc1ccc(NC(=O)[C@@H]2CC(=O)N([C@@H](C)c3ccccc3)C2)c(OC)c1. The van der Waals surface area contributed by atoms with Gasteiger partial charge in [-0.25, -0.2) is 0 Å². The number of hydrogen-bond acceptors (Lipinski definition) is 4. The van der Waals surface area contributed by atoms with Gasteiger partial charge in [0.1, 0.15) is 11.5 Å². The molecule has 6 heteroatoms. The van der Waals surface area contributed by atoms with E-state index >= 15 is 0 Å². The first-order valence-electron chi connectivity index (χ1n) is 8.90. The molecular weight excluding hydrogens is 344 g/mol. The number of ether oxygens (including phenoxy) is 2. The first-order valence-corrected chi connectivity index (χ1v) is 8.90. The van der Waals surface area contributed by atoms with Crippen LogP contribution in [-0.4, -0.2) is 37.5 Å². The van der Waals surface area contributed by atoms with Crippen LogP contribution in [0.1, 0.15) is 24.9 Å². The number of anilines is 1. The lowest BCUT2D eigenvalue weighted by Crippen LogP contribution is -2.30. The van der Waals surface area contributed by atoms with Crippen molar-refractivity contribution in [1.29, 1.82) is 0 Å². The summed E-state index contributed by atoms with van der Waals surface area (Å²) in [4.78, 5) is 26.9. The maximum Gasteiger partial charge on any atom is 0.229 e. The van der Waals surface area contributed by atoms with E-state index in [1.54, 1.807) is 30.2 Å². The van der Waals surface area contributed by atoms with Gasteiger partial charge in [-0.3, -0.25) is 9.59 Å². The monoisotopic (exact) mass is 368 g/mol. The van der Waals surface area contributed by atoms with E-state index in [0.29, 0.717) is 23.7 Å². The average molecular weight is 368 g/mol. The Balaban J connectivity index is 1.69. The zero-order valence-corrected chi connectivity index (χ0v) is 15.8. The van der Waals surface area contributed by atoms with Crippen LogP contribution in [0, 0.1) is 5.92 Å². The van der Waals surface area contributed by atoms with E-state index in [9.17, 15) is 9.59 Å². The van der Waals surface area contributed by atoms with E-state index < -0.39 is 5.92 Å². The van der Waals surface area contributed by atoms with Gasteiger partial charge in [-0.15, -0.1) is 0 Å². The molecule has 0 bridgehead atoms. The molecule has 1 fully saturated rings. The minimum Gasteiger partial charge on any atom is -0.497 e. The highest BCUT2D eigenvalue weighted by atomic mass is 16.5. The van der Waals surface area contributed by atoms with Crippen molar-refractivity contribution in [3.63, 3.8) is 0 Å². The fourth-order valence-corrected chi connectivity index (χ4v) is 3.33. The third-order valence-electron chi connectivity index (χ3n) is 4.95. The lowest BCUT2D eigenvalue weighted by Gasteiger charge is -2.25. The van der Waals surface area contributed by atoms with E-state index in [1.165, 1.54) is 7.11 Å². The number of nitrogens with zero attached hydrogens (tertiary/aromatic N) is 1. The molecule has 0 aliphatic carbocycles.